The van der Waals surface area contributed by atoms with E-state index in [-0.39, 0.29) is 20.9 Å². The van der Waals surface area contributed by atoms with Crippen LogP contribution in [0.5, 0.6) is 0 Å². The third-order valence-corrected chi connectivity index (χ3v) is 8.41. The Hall–Kier alpha value is -1.93. The standard InChI is InChI=1S/C18H20ClF2N7O2S2/c1-18(2-3-18)26-32(29,30)10-8-11(27-6-4-22-5-7-27)12-13(19)23-15(28(12)9-10)17-25-24-16(31-17)14(20)21/h8-9,14,22,26H,2-7H2,1H3. The average molecular weight is 504 g/mol. The molecule has 1 saturated heterocycles. The van der Waals surface area contributed by atoms with E-state index in [1.54, 1.807) is 6.07 Å². The summed E-state index contributed by atoms with van der Waals surface area (Å²) in [7, 11) is -3.84. The molecule has 14 heteroatoms. The first-order valence-corrected chi connectivity index (χ1v) is 12.7. The summed E-state index contributed by atoms with van der Waals surface area (Å²) in [5, 5.41) is 10.4. The molecule has 1 aliphatic heterocycles. The predicted octanol–water partition coefficient (Wildman–Crippen LogP) is 2.68. The predicted molar refractivity (Wildman–Crippen MR) is 117 cm³/mol. The third kappa shape index (κ3) is 3.96. The molecule has 3 aromatic heterocycles. The molecule has 0 spiro atoms. The molecule has 0 radical (unpaired) electrons. The van der Waals surface area contributed by atoms with Crippen molar-refractivity contribution in [2.75, 3.05) is 31.1 Å². The molecule has 5 rings (SSSR count). The second-order valence-corrected chi connectivity index (χ2v) is 11.2. The van der Waals surface area contributed by atoms with Gasteiger partial charge in [0, 0.05) is 37.9 Å². The highest BCUT2D eigenvalue weighted by molar-refractivity contribution is 7.89. The van der Waals surface area contributed by atoms with Gasteiger partial charge in [-0.2, -0.15) is 0 Å². The molecule has 1 saturated carbocycles. The first-order valence-electron chi connectivity index (χ1n) is 10.0. The summed E-state index contributed by atoms with van der Waals surface area (Å²) in [4.78, 5) is 6.41. The Labute approximate surface area is 191 Å². The Balaban J connectivity index is 1.70. The van der Waals surface area contributed by atoms with Gasteiger partial charge in [-0.25, -0.2) is 26.9 Å². The molecule has 3 aromatic rings. The third-order valence-electron chi connectivity index (χ3n) is 5.61. The van der Waals surface area contributed by atoms with Crippen LogP contribution in [0.25, 0.3) is 16.3 Å². The summed E-state index contributed by atoms with van der Waals surface area (Å²) in [5.41, 5.74) is 0.649. The SMILES string of the molecule is CC1(NS(=O)(=O)c2cc(N3CCNCC3)c3c(Cl)nc(-c4nnc(C(F)F)s4)n3c2)CC1. The zero-order valence-corrected chi connectivity index (χ0v) is 19.4. The number of piperazine rings is 1. The van der Waals surface area contributed by atoms with Crippen molar-refractivity contribution in [2.45, 2.75) is 36.6 Å². The second-order valence-electron chi connectivity index (χ2n) is 8.16. The van der Waals surface area contributed by atoms with E-state index in [1.165, 1.54) is 10.6 Å². The molecule has 32 heavy (non-hydrogen) atoms. The summed E-state index contributed by atoms with van der Waals surface area (Å²) in [6.45, 7) is 4.61. The molecule has 0 unspecified atom stereocenters. The van der Waals surface area contributed by atoms with Crippen molar-refractivity contribution in [3.8, 4) is 10.8 Å². The Morgan fingerprint density at radius 2 is 2.00 bits per heavy atom. The first kappa shape index (κ1) is 21.9. The number of anilines is 1. The number of hydrogen-bond donors (Lipinski definition) is 2. The van der Waals surface area contributed by atoms with Crippen LogP contribution in [0, 0.1) is 0 Å². The molecule has 0 atom stereocenters. The normalized spacial score (nSPS) is 18.6. The van der Waals surface area contributed by atoms with E-state index in [9.17, 15) is 17.2 Å². The lowest BCUT2D eigenvalue weighted by atomic mass is 10.2. The molecule has 0 bridgehead atoms. The molecule has 2 aliphatic rings. The van der Waals surface area contributed by atoms with Crippen LogP contribution in [-0.4, -0.2) is 59.7 Å². The van der Waals surface area contributed by atoms with E-state index < -0.39 is 27.0 Å². The Morgan fingerprint density at radius 3 is 2.62 bits per heavy atom. The van der Waals surface area contributed by atoms with Gasteiger partial charge in [-0.05, 0) is 25.8 Å². The van der Waals surface area contributed by atoms with Gasteiger partial charge in [0.2, 0.25) is 10.0 Å². The van der Waals surface area contributed by atoms with Gasteiger partial charge in [0.15, 0.2) is 21.0 Å². The quantitative estimate of drug-likeness (QED) is 0.533. The second kappa shape index (κ2) is 7.83. The number of sulfonamides is 1. The number of nitrogens with zero attached hydrogens (tertiary/aromatic N) is 5. The largest absolute Gasteiger partial charge is 0.367 e. The van der Waals surface area contributed by atoms with Crippen molar-refractivity contribution in [3.05, 3.63) is 22.4 Å². The Morgan fingerprint density at radius 1 is 1.28 bits per heavy atom. The maximum absolute atomic E-state index is 13.2. The minimum absolute atomic E-state index is 0.0422. The van der Waals surface area contributed by atoms with Crippen LogP contribution in [0.1, 0.15) is 31.2 Å². The van der Waals surface area contributed by atoms with Gasteiger partial charge in [0.25, 0.3) is 6.43 Å². The molecule has 4 heterocycles. The minimum Gasteiger partial charge on any atom is -0.367 e. The van der Waals surface area contributed by atoms with Crippen molar-refractivity contribution >= 4 is 44.2 Å². The molecule has 1 aliphatic carbocycles. The van der Waals surface area contributed by atoms with Crippen LogP contribution in [0.2, 0.25) is 5.15 Å². The summed E-state index contributed by atoms with van der Waals surface area (Å²) >= 11 is 7.17. The lowest BCUT2D eigenvalue weighted by Crippen LogP contribution is -2.43. The van der Waals surface area contributed by atoms with Crippen LogP contribution in [0.4, 0.5) is 14.5 Å². The number of imidazole rings is 1. The fraction of sp³-hybridized carbons (Fsp3) is 0.500. The van der Waals surface area contributed by atoms with Crippen molar-refractivity contribution < 1.29 is 17.2 Å². The van der Waals surface area contributed by atoms with Gasteiger partial charge < -0.3 is 10.2 Å². The van der Waals surface area contributed by atoms with Crippen LogP contribution in [0.15, 0.2) is 17.2 Å². The summed E-state index contributed by atoms with van der Waals surface area (Å²) in [6, 6.07) is 1.59. The van der Waals surface area contributed by atoms with Crippen molar-refractivity contribution in [1.29, 1.82) is 0 Å². The first-order chi connectivity index (χ1) is 15.2. The van der Waals surface area contributed by atoms with E-state index >= 15 is 0 Å². The number of aromatic nitrogens is 4. The zero-order valence-electron chi connectivity index (χ0n) is 17.0. The van der Waals surface area contributed by atoms with E-state index in [2.05, 4.69) is 25.2 Å². The van der Waals surface area contributed by atoms with Gasteiger partial charge in [-0.3, -0.25) is 4.40 Å². The summed E-state index contributed by atoms with van der Waals surface area (Å²) < 4.78 is 56.7. The lowest BCUT2D eigenvalue weighted by Gasteiger charge is -2.30. The molecular formula is C18H20ClF2N7O2S2. The highest BCUT2D eigenvalue weighted by Crippen LogP contribution is 2.39. The Kier molecular flexibility index (Phi) is 5.36. The van der Waals surface area contributed by atoms with Crippen LogP contribution in [0.3, 0.4) is 0 Å². The molecule has 9 nitrogen and oxygen atoms in total. The van der Waals surface area contributed by atoms with E-state index in [4.69, 9.17) is 11.6 Å². The highest BCUT2D eigenvalue weighted by Gasteiger charge is 2.41. The molecule has 0 aromatic carbocycles. The fourth-order valence-corrected chi connectivity index (χ4v) is 6.09. The molecular weight excluding hydrogens is 484 g/mol. The smallest absolute Gasteiger partial charge is 0.291 e. The van der Waals surface area contributed by atoms with E-state index in [0.29, 0.717) is 35.6 Å². The van der Waals surface area contributed by atoms with E-state index in [0.717, 1.165) is 25.9 Å². The van der Waals surface area contributed by atoms with Crippen molar-refractivity contribution in [1.82, 2.24) is 29.6 Å². The fourth-order valence-electron chi connectivity index (χ4n) is 3.66. The molecule has 2 fully saturated rings. The topological polar surface area (TPSA) is 105 Å². The van der Waals surface area contributed by atoms with Crippen LogP contribution in [-0.2, 0) is 10.0 Å². The zero-order chi connectivity index (χ0) is 22.7. The number of fused-ring (bicyclic) bond motifs is 1. The number of rotatable bonds is 6. The lowest BCUT2D eigenvalue weighted by molar-refractivity contribution is 0.150. The number of pyridine rings is 1. The van der Waals surface area contributed by atoms with Crippen molar-refractivity contribution in [2.24, 2.45) is 0 Å². The van der Waals surface area contributed by atoms with Crippen LogP contribution >= 0.6 is 22.9 Å². The van der Waals surface area contributed by atoms with E-state index in [1.807, 2.05) is 11.8 Å². The maximum Gasteiger partial charge on any atom is 0.291 e. The van der Waals surface area contributed by atoms with Gasteiger partial charge in [0.05, 0.1) is 5.69 Å². The summed E-state index contributed by atoms with van der Waals surface area (Å²) in [6.07, 6.45) is 0.177. The molecule has 172 valence electrons. The molecule has 2 N–H and O–H groups in total. The van der Waals surface area contributed by atoms with Crippen molar-refractivity contribution in [3.63, 3.8) is 0 Å². The number of alkyl halides is 2. The van der Waals surface area contributed by atoms with Gasteiger partial charge >= 0.3 is 0 Å². The average Bonchev–Trinajstić information content (AvgIpc) is 3.15. The van der Waals surface area contributed by atoms with Crippen LogP contribution < -0.4 is 14.9 Å². The number of hydrogen-bond acceptors (Lipinski definition) is 8. The monoisotopic (exact) mass is 503 g/mol. The minimum atomic E-state index is -3.84. The summed E-state index contributed by atoms with van der Waals surface area (Å²) in [5.74, 6) is 0.167. The maximum atomic E-state index is 13.2. The van der Waals surface area contributed by atoms with Gasteiger partial charge in [0.1, 0.15) is 10.4 Å². The Bertz CT molecular complexity index is 1280. The highest BCUT2D eigenvalue weighted by atomic mass is 35.5. The van der Waals surface area contributed by atoms with Gasteiger partial charge in [-0.1, -0.05) is 22.9 Å². The number of nitrogens with one attached hydrogen (secondary N) is 2. The molecule has 0 amide bonds. The number of halogens is 3. The van der Waals surface area contributed by atoms with Gasteiger partial charge in [-0.15, -0.1) is 10.2 Å².